The second kappa shape index (κ2) is 6.97. The summed E-state index contributed by atoms with van der Waals surface area (Å²) in [5.41, 5.74) is 3.27. The highest BCUT2D eigenvalue weighted by molar-refractivity contribution is 6.30. The summed E-state index contributed by atoms with van der Waals surface area (Å²) < 4.78 is 0. The van der Waals surface area contributed by atoms with Gasteiger partial charge in [-0.25, -0.2) is 0 Å². The topological polar surface area (TPSA) is 23.5 Å². The normalized spacial score (nSPS) is 13.8. The van der Waals surface area contributed by atoms with E-state index in [1.165, 1.54) is 5.56 Å². The Bertz CT molecular complexity index is 582. The number of nitrogens with zero attached hydrogens (tertiary/aromatic N) is 1. The predicted molar refractivity (Wildman–Crippen MR) is 90.0 cm³/mol. The molecule has 3 heteroatoms. The number of rotatable bonds is 5. The molecule has 0 spiro atoms. The van der Waals surface area contributed by atoms with Crippen LogP contribution in [0.5, 0.6) is 0 Å². The van der Waals surface area contributed by atoms with Crippen molar-refractivity contribution < 1.29 is 5.11 Å². The summed E-state index contributed by atoms with van der Waals surface area (Å²) in [5.74, 6) is 0. The van der Waals surface area contributed by atoms with E-state index in [2.05, 4.69) is 37.1 Å². The molecular weight excluding hydrogens is 282 g/mol. The number of halogens is 1. The highest BCUT2D eigenvalue weighted by atomic mass is 35.5. The largest absolute Gasteiger partial charge is 0.388 e. The molecule has 0 fully saturated rings. The fourth-order valence-corrected chi connectivity index (χ4v) is 2.58. The molecule has 0 heterocycles. The van der Waals surface area contributed by atoms with Gasteiger partial charge in [0.15, 0.2) is 0 Å². The minimum Gasteiger partial charge on any atom is -0.388 e. The van der Waals surface area contributed by atoms with E-state index in [0.717, 1.165) is 22.7 Å². The summed E-state index contributed by atoms with van der Waals surface area (Å²) >= 11 is 6.06. The number of hydrogen-bond donors (Lipinski definition) is 1. The van der Waals surface area contributed by atoms with Crippen molar-refractivity contribution in [3.63, 3.8) is 0 Å². The standard InChI is InChI=1S/C18H22ClNO/c1-4-18(21)14-8-10-17(11-9-14)20(3)13(2)15-6-5-7-16(19)12-15/h5-13,18,21H,4H2,1-3H3/t13?,18-/m1/s1. The van der Waals surface area contributed by atoms with Gasteiger partial charge in [0, 0.05) is 17.8 Å². The molecule has 0 aliphatic heterocycles. The van der Waals surface area contributed by atoms with Gasteiger partial charge in [0.1, 0.15) is 0 Å². The van der Waals surface area contributed by atoms with Crippen LogP contribution < -0.4 is 4.90 Å². The average Bonchev–Trinajstić information content (AvgIpc) is 2.53. The molecule has 112 valence electrons. The predicted octanol–water partition coefficient (Wildman–Crippen LogP) is 4.98. The Morgan fingerprint density at radius 2 is 1.76 bits per heavy atom. The van der Waals surface area contributed by atoms with Crippen LogP contribution >= 0.6 is 11.6 Å². The zero-order valence-corrected chi connectivity index (χ0v) is 13.5. The van der Waals surface area contributed by atoms with E-state index in [-0.39, 0.29) is 12.1 Å². The highest BCUT2D eigenvalue weighted by Gasteiger charge is 2.13. The maximum absolute atomic E-state index is 9.85. The van der Waals surface area contributed by atoms with E-state index in [1.54, 1.807) is 0 Å². The van der Waals surface area contributed by atoms with Crippen LogP contribution in [0.25, 0.3) is 0 Å². The van der Waals surface area contributed by atoms with Crippen molar-refractivity contribution in [2.24, 2.45) is 0 Å². The second-order valence-electron chi connectivity index (χ2n) is 5.36. The van der Waals surface area contributed by atoms with Gasteiger partial charge in [0.25, 0.3) is 0 Å². The zero-order valence-electron chi connectivity index (χ0n) is 12.8. The minimum atomic E-state index is -0.380. The van der Waals surface area contributed by atoms with Crippen LogP contribution in [0.15, 0.2) is 48.5 Å². The van der Waals surface area contributed by atoms with Crippen molar-refractivity contribution in [1.82, 2.24) is 0 Å². The molecule has 1 N–H and O–H groups in total. The molecule has 0 amide bonds. The van der Waals surface area contributed by atoms with Gasteiger partial charge in [-0.15, -0.1) is 0 Å². The Labute approximate surface area is 132 Å². The average molecular weight is 304 g/mol. The van der Waals surface area contributed by atoms with Gasteiger partial charge < -0.3 is 10.0 Å². The summed E-state index contributed by atoms with van der Waals surface area (Å²) in [6, 6.07) is 16.3. The van der Waals surface area contributed by atoms with E-state index in [1.807, 2.05) is 37.3 Å². The van der Waals surface area contributed by atoms with Gasteiger partial charge in [-0.05, 0) is 48.7 Å². The van der Waals surface area contributed by atoms with Crippen molar-refractivity contribution in [3.8, 4) is 0 Å². The number of aliphatic hydroxyl groups excluding tert-OH is 1. The van der Waals surface area contributed by atoms with Crippen LogP contribution in [0.2, 0.25) is 5.02 Å². The van der Waals surface area contributed by atoms with E-state index >= 15 is 0 Å². The smallest absolute Gasteiger partial charge is 0.0787 e. The van der Waals surface area contributed by atoms with Crippen molar-refractivity contribution in [1.29, 1.82) is 0 Å². The molecule has 0 saturated heterocycles. The molecule has 2 nitrogen and oxygen atoms in total. The Kier molecular flexibility index (Phi) is 5.27. The molecule has 0 aliphatic carbocycles. The van der Waals surface area contributed by atoms with Crippen LogP contribution in [0.3, 0.4) is 0 Å². The van der Waals surface area contributed by atoms with Gasteiger partial charge >= 0.3 is 0 Å². The first kappa shape index (κ1) is 15.9. The maximum Gasteiger partial charge on any atom is 0.0787 e. The molecule has 21 heavy (non-hydrogen) atoms. The summed E-state index contributed by atoms with van der Waals surface area (Å²) in [4.78, 5) is 2.20. The van der Waals surface area contributed by atoms with E-state index in [0.29, 0.717) is 0 Å². The molecule has 0 saturated carbocycles. The summed E-state index contributed by atoms with van der Waals surface area (Å²) in [7, 11) is 2.07. The minimum absolute atomic E-state index is 0.227. The lowest BCUT2D eigenvalue weighted by molar-refractivity contribution is 0.173. The third-order valence-corrected chi connectivity index (χ3v) is 4.22. The molecule has 0 bridgehead atoms. The number of aliphatic hydroxyl groups is 1. The van der Waals surface area contributed by atoms with Crippen LogP contribution in [0.1, 0.15) is 43.5 Å². The van der Waals surface area contributed by atoms with Crippen molar-refractivity contribution in [2.75, 3.05) is 11.9 Å². The highest BCUT2D eigenvalue weighted by Crippen LogP contribution is 2.28. The van der Waals surface area contributed by atoms with Crippen LogP contribution in [-0.4, -0.2) is 12.2 Å². The van der Waals surface area contributed by atoms with Gasteiger partial charge in [0.2, 0.25) is 0 Å². The van der Waals surface area contributed by atoms with Gasteiger partial charge in [0.05, 0.1) is 12.1 Å². The molecule has 0 aliphatic rings. The lowest BCUT2D eigenvalue weighted by Gasteiger charge is -2.28. The zero-order chi connectivity index (χ0) is 15.4. The molecule has 2 atom stereocenters. The molecule has 0 radical (unpaired) electrons. The third kappa shape index (κ3) is 3.78. The number of anilines is 1. The first-order valence-electron chi connectivity index (χ1n) is 7.29. The Balaban J connectivity index is 2.17. The van der Waals surface area contributed by atoms with Gasteiger partial charge in [-0.2, -0.15) is 0 Å². The van der Waals surface area contributed by atoms with Crippen molar-refractivity contribution in [2.45, 2.75) is 32.4 Å². The second-order valence-corrected chi connectivity index (χ2v) is 5.79. The monoisotopic (exact) mass is 303 g/mol. The molecule has 1 unspecified atom stereocenters. The van der Waals surface area contributed by atoms with Crippen molar-refractivity contribution in [3.05, 3.63) is 64.7 Å². The molecular formula is C18H22ClNO. The molecule has 2 rings (SSSR count). The summed E-state index contributed by atoms with van der Waals surface area (Å²) in [5, 5.41) is 10.6. The number of benzene rings is 2. The fourth-order valence-electron chi connectivity index (χ4n) is 2.38. The Morgan fingerprint density at radius 1 is 1.10 bits per heavy atom. The van der Waals surface area contributed by atoms with Gasteiger partial charge in [-0.3, -0.25) is 0 Å². The molecule has 2 aromatic rings. The van der Waals surface area contributed by atoms with Crippen LogP contribution in [0, 0.1) is 0 Å². The third-order valence-electron chi connectivity index (χ3n) is 3.98. The first-order chi connectivity index (χ1) is 10.0. The lowest BCUT2D eigenvalue weighted by atomic mass is 10.0. The van der Waals surface area contributed by atoms with E-state index in [9.17, 15) is 5.11 Å². The van der Waals surface area contributed by atoms with E-state index in [4.69, 9.17) is 11.6 Å². The molecule has 0 aromatic heterocycles. The van der Waals surface area contributed by atoms with E-state index < -0.39 is 0 Å². The summed E-state index contributed by atoms with van der Waals surface area (Å²) in [6.07, 6.45) is 0.350. The van der Waals surface area contributed by atoms with Crippen LogP contribution in [0.4, 0.5) is 5.69 Å². The Hall–Kier alpha value is -1.51. The van der Waals surface area contributed by atoms with Crippen molar-refractivity contribution >= 4 is 17.3 Å². The summed E-state index contributed by atoms with van der Waals surface area (Å²) in [6.45, 7) is 4.13. The maximum atomic E-state index is 9.85. The Morgan fingerprint density at radius 3 is 2.33 bits per heavy atom. The molecule has 2 aromatic carbocycles. The lowest BCUT2D eigenvalue weighted by Crippen LogP contribution is -2.21. The van der Waals surface area contributed by atoms with Gasteiger partial charge in [-0.1, -0.05) is 42.8 Å². The first-order valence-corrected chi connectivity index (χ1v) is 7.67. The number of hydrogen-bond acceptors (Lipinski definition) is 2. The van der Waals surface area contributed by atoms with Crippen LogP contribution in [-0.2, 0) is 0 Å². The fraction of sp³-hybridized carbons (Fsp3) is 0.333. The SMILES string of the molecule is CC[C@@H](O)c1ccc(N(C)C(C)c2cccc(Cl)c2)cc1. The quantitative estimate of drug-likeness (QED) is 0.842.